The van der Waals surface area contributed by atoms with E-state index < -0.39 is 20.7 Å². The van der Waals surface area contributed by atoms with Crippen LogP contribution in [-0.2, 0) is 21.1 Å². The smallest absolute Gasteiger partial charge is 0.252 e. The van der Waals surface area contributed by atoms with Crippen molar-refractivity contribution in [2.75, 3.05) is 25.6 Å². The summed E-state index contributed by atoms with van der Waals surface area (Å²) in [6.07, 6.45) is 15.9. The minimum Gasteiger partial charge on any atom is -0.387 e. The Morgan fingerprint density at radius 3 is 2.50 bits per heavy atom. The minimum absolute atomic E-state index is 0.00116. The van der Waals surface area contributed by atoms with Gasteiger partial charge >= 0.3 is 0 Å². The monoisotopic (exact) mass is 539 g/mol. The van der Waals surface area contributed by atoms with Crippen LogP contribution in [0.2, 0.25) is 5.02 Å². The van der Waals surface area contributed by atoms with Crippen LogP contribution in [0.3, 0.4) is 0 Å². The van der Waals surface area contributed by atoms with Crippen LogP contribution in [0.15, 0.2) is 21.4 Å². The highest BCUT2D eigenvalue weighted by molar-refractivity contribution is 7.92. The van der Waals surface area contributed by atoms with Gasteiger partial charge in [0.25, 0.3) is 5.56 Å². The molecular formula is C27H42ClN3O4S. The minimum atomic E-state index is -2.47. The third-order valence-corrected chi connectivity index (χ3v) is 9.73. The van der Waals surface area contributed by atoms with E-state index in [-0.39, 0.29) is 29.0 Å². The van der Waals surface area contributed by atoms with E-state index in [4.69, 9.17) is 11.6 Å². The van der Waals surface area contributed by atoms with Crippen LogP contribution in [0.25, 0.3) is 0 Å². The summed E-state index contributed by atoms with van der Waals surface area (Å²) in [6.45, 7) is 3.20. The molecule has 1 saturated heterocycles. The summed E-state index contributed by atoms with van der Waals surface area (Å²) in [4.78, 5) is 28.3. The molecule has 2 unspecified atom stereocenters. The molecule has 7 nitrogen and oxygen atoms in total. The van der Waals surface area contributed by atoms with Crippen LogP contribution in [0.5, 0.6) is 0 Å². The molecule has 2 aliphatic carbocycles. The molecule has 0 bridgehead atoms. The second-order valence-corrected chi connectivity index (χ2v) is 14.9. The van der Waals surface area contributed by atoms with E-state index in [9.17, 15) is 18.9 Å². The zero-order valence-electron chi connectivity index (χ0n) is 22.0. The molecule has 1 spiro atoms. The van der Waals surface area contributed by atoms with Crippen molar-refractivity contribution in [2.24, 2.45) is 21.6 Å². The molecule has 1 aliphatic heterocycles. The molecule has 1 aromatic heterocycles. The number of amides is 1. The summed E-state index contributed by atoms with van der Waals surface area (Å²) in [7, 11) is -2.47. The van der Waals surface area contributed by atoms with Gasteiger partial charge in [-0.15, -0.1) is 0 Å². The Bertz CT molecular complexity index is 1140. The lowest BCUT2D eigenvalue weighted by Crippen LogP contribution is -2.62. The molecule has 3 aliphatic rings. The van der Waals surface area contributed by atoms with Crippen LogP contribution in [-0.4, -0.2) is 55.9 Å². The van der Waals surface area contributed by atoms with E-state index >= 15 is 0 Å². The van der Waals surface area contributed by atoms with Gasteiger partial charge in [0.1, 0.15) is 5.69 Å². The number of hydrogen-bond donors (Lipinski definition) is 1. The summed E-state index contributed by atoms with van der Waals surface area (Å²) in [5, 5.41) is 12.2. The number of aromatic nitrogens is 1. The Morgan fingerprint density at radius 2 is 1.86 bits per heavy atom. The second-order valence-electron chi connectivity index (χ2n) is 11.9. The largest absolute Gasteiger partial charge is 0.387 e. The number of pyridine rings is 1. The first-order chi connectivity index (χ1) is 16.9. The molecule has 4 rings (SSSR count). The average Bonchev–Trinajstić information content (AvgIpc) is 3.28. The summed E-state index contributed by atoms with van der Waals surface area (Å²) < 4.78 is 17.9. The van der Waals surface area contributed by atoms with E-state index in [0.29, 0.717) is 31.1 Å². The van der Waals surface area contributed by atoms with Gasteiger partial charge in [-0.25, -0.2) is 4.21 Å². The van der Waals surface area contributed by atoms with Gasteiger partial charge < -0.3 is 14.6 Å². The van der Waals surface area contributed by atoms with Gasteiger partial charge in [-0.2, -0.15) is 4.36 Å². The van der Waals surface area contributed by atoms with Gasteiger partial charge in [-0.3, -0.25) is 9.59 Å². The van der Waals surface area contributed by atoms with E-state index in [2.05, 4.69) is 11.3 Å². The predicted molar refractivity (Wildman–Crippen MR) is 145 cm³/mol. The van der Waals surface area contributed by atoms with Crippen molar-refractivity contribution >= 4 is 32.9 Å². The third-order valence-electron chi connectivity index (χ3n) is 8.79. The molecule has 2 heterocycles. The van der Waals surface area contributed by atoms with Crippen molar-refractivity contribution < 1.29 is 14.1 Å². The van der Waals surface area contributed by atoms with Gasteiger partial charge in [0.2, 0.25) is 5.91 Å². The molecule has 9 heteroatoms. The van der Waals surface area contributed by atoms with E-state index in [1.807, 2.05) is 4.90 Å². The third kappa shape index (κ3) is 6.02. The highest BCUT2D eigenvalue weighted by Crippen LogP contribution is 2.52. The van der Waals surface area contributed by atoms with E-state index in [1.165, 1.54) is 61.4 Å². The number of nitrogens with zero attached hydrogens (tertiary/aromatic N) is 3. The number of aliphatic hydroxyl groups is 1. The van der Waals surface area contributed by atoms with Gasteiger partial charge in [0, 0.05) is 58.9 Å². The second kappa shape index (κ2) is 10.8. The van der Waals surface area contributed by atoms with Gasteiger partial charge in [-0.1, -0.05) is 63.5 Å². The Labute approximate surface area is 220 Å². The number of rotatable bonds is 6. The van der Waals surface area contributed by atoms with Crippen molar-refractivity contribution in [2.45, 2.75) is 89.7 Å². The first-order valence-corrected chi connectivity index (χ1v) is 16.2. The Hall–Kier alpha value is -1.38. The van der Waals surface area contributed by atoms with Gasteiger partial charge in [0.05, 0.1) is 17.2 Å². The fourth-order valence-electron chi connectivity index (χ4n) is 6.87. The number of piperidine rings is 1. The Morgan fingerprint density at radius 1 is 1.19 bits per heavy atom. The molecule has 202 valence electrons. The lowest BCUT2D eigenvalue weighted by atomic mass is 9.65. The van der Waals surface area contributed by atoms with Crippen molar-refractivity contribution in [3.8, 4) is 0 Å². The molecule has 36 heavy (non-hydrogen) atoms. The molecule has 0 aromatic carbocycles. The molecule has 1 amide bonds. The number of hydrogen-bond acceptors (Lipinski definition) is 5. The molecule has 0 radical (unpaired) electrons. The van der Waals surface area contributed by atoms with Crippen molar-refractivity contribution in [1.82, 2.24) is 9.47 Å². The van der Waals surface area contributed by atoms with Crippen molar-refractivity contribution in [3.05, 3.63) is 27.6 Å². The number of carbonyl (C=O) groups is 1. The quantitative estimate of drug-likeness (QED) is 0.551. The highest BCUT2D eigenvalue weighted by atomic mass is 35.5. The number of halogens is 1. The van der Waals surface area contributed by atoms with Crippen LogP contribution in [0.4, 0.5) is 5.69 Å². The van der Waals surface area contributed by atoms with Crippen LogP contribution >= 0.6 is 11.6 Å². The molecular weight excluding hydrogens is 498 g/mol. The van der Waals surface area contributed by atoms with E-state index in [1.54, 1.807) is 0 Å². The first kappa shape index (κ1) is 27.6. The molecule has 2 atom stereocenters. The SMILES string of the molecule is CC(CC1CCCCC1)C(=O)N1CCC(O)(Cn2cc(N=S(C)(C)=O)c(Cl)cc2=O)C2(CCCC2)C1. The molecule has 1 aromatic rings. The summed E-state index contributed by atoms with van der Waals surface area (Å²) in [5.41, 5.74) is -1.59. The van der Waals surface area contributed by atoms with Gasteiger partial charge in [0.15, 0.2) is 0 Å². The van der Waals surface area contributed by atoms with Crippen LogP contribution in [0.1, 0.15) is 77.6 Å². The van der Waals surface area contributed by atoms with Gasteiger partial charge in [-0.05, 0) is 31.6 Å². The highest BCUT2D eigenvalue weighted by Gasteiger charge is 2.55. The Balaban J connectivity index is 1.55. The van der Waals surface area contributed by atoms with Crippen LogP contribution < -0.4 is 5.56 Å². The molecule has 3 fully saturated rings. The predicted octanol–water partition coefficient (Wildman–Crippen LogP) is 4.99. The zero-order chi connectivity index (χ0) is 26.1. The summed E-state index contributed by atoms with van der Waals surface area (Å²) >= 11 is 6.22. The lowest BCUT2D eigenvalue weighted by Gasteiger charge is -2.53. The molecule has 2 saturated carbocycles. The zero-order valence-corrected chi connectivity index (χ0v) is 23.6. The van der Waals surface area contributed by atoms with E-state index in [0.717, 1.165) is 32.1 Å². The number of carbonyl (C=O) groups excluding carboxylic acids is 1. The van der Waals surface area contributed by atoms with Crippen LogP contribution in [0, 0.1) is 17.3 Å². The maximum atomic E-state index is 13.5. The van der Waals surface area contributed by atoms with Crippen molar-refractivity contribution in [1.29, 1.82) is 0 Å². The normalized spacial score (nSPS) is 25.8. The number of likely N-dealkylation sites (tertiary alicyclic amines) is 1. The fraction of sp³-hybridized carbons (Fsp3) is 0.778. The fourth-order valence-corrected chi connectivity index (χ4v) is 7.72. The maximum Gasteiger partial charge on any atom is 0.252 e. The topological polar surface area (TPSA) is 92.0 Å². The lowest BCUT2D eigenvalue weighted by molar-refractivity contribution is -0.163. The summed E-state index contributed by atoms with van der Waals surface area (Å²) in [5.74, 6) is 0.857. The maximum absolute atomic E-state index is 13.5. The first-order valence-electron chi connectivity index (χ1n) is 13.5. The summed E-state index contributed by atoms with van der Waals surface area (Å²) in [6, 6.07) is 1.28. The molecule has 1 N–H and O–H groups in total. The standard InChI is InChI=1S/C27H42ClN3O4S/c1-20(15-21-9-5-4-6-10-21)25(33)30-14-13-27(34,26(18-30)11-7-8-12-26)19-31-17-23(29-36(2,3)35)22(28)16-24(31)32/h16-17,20-21,34H,4-15,18-19H2,1-3H3. The Kier molecular flexibility index (Phi) is 8.28. The average molecular weight is 540 g/mol. The van der Waals surface area contributed by atoms with Crippen molar-refractivity contribution in [3.63, 3.8) is 0 Å².